The maximum absolute atomic E-state index is 11.4. The molecule has 0 bridgehead atoms. The molecule has 0 aromatic heterocycles. The van der Waals surface area contributed by atoms with Crippen LogP contribution in [0, 0.1) is 0 Å². The monoisotopic (exact) mass is 246 g/mol. The average Bonchev–Trinajstić information content (AvgIpc) is 2.44. The minimum atomic E-state index is -1.11. The van der Waals surface area contributed by atoms with Gasteiger partial charge >= 0.3 is 12.2 Å². The topological polar surface area (TPSA) is 99.1 Å². The van der Waals surface area contributed by atoms with Crippen molar-refractivity contribution in [1.82, 2.24) is 10.2 Å². The van der Waals surface area contributed by atoms with Crippen LogP contribution in [0.3, 0.4) is 0 Å². The average molecular weight is 246 g/mol. The number of aliphatic hydroxyl groups is 1. The number of carbonyl (C=O) groups is 2. The Morgan fingerprint density at radius 3 is 2.35 bits per heavy atom. The van der Waals surface area contributed by atoms with Crippen LogP contribution in [0.4, 0.5) is 9.59 Å². The molecule has 1 heterocycles. The molecule has 1 aliphatic heterocycles. The Balaban J connectivity index is 2.47. The maximum atomic E-state index is 11.4. The van der Waals surface area contributed by atoms with Crippen LogP contribution in [0.1, 0.15) is 20.8 Å². The molecule has 2 amide bonds. The van der Waals surface area contributed by atoms with Crippen molar-refractivity contribution >= 4 is 12.2 Å². The summed E-state index contributed by atoms with van der Waals surface area (Å²) in [7, 11) is 0. The summed E-state index contributed by atoms with van der Waals surface area (Å²) in [4.78, 5) is 23.2. The van der Waals surface area contributed by atoms with Gasteiger partial charge in [-0.2, -0.15) is 0 Å². The maximum Gasteiger partial charge on any atom is 0.408 e. The Bertz CT molecular complexity index is 312. The molecule has 0 radical (unpaired) electrons. The Morgan fingerprint density at radius 2 is 1.94 bits per heavy atom. The van der Waals surface area contributed by atoms with Crippen molar-refractivity contribution in [3.8, 4) is 0 Å². The van der Waals surface area contributed by atoms with Gasteiger partial charge in [-0.3, -0.25) is 0 Å². The van der Waals surface area contributed by atoms with Gasteiger partial charge in [-0.25, -0.2) is 9.59 Å². The number of rotatable bonds is 1. The highest BCUT2D eigenvalue weighted by Crippen LogP contribution is 2.12. The Morgan fingerprint density at radius 1 is 1.35 bits per heavy atom. The fourth-order valence-corrected chi connectivity index (χ4v) is 1.54. The molecular formula is C10H18N2O5. The van der Waals surface area contributed by atoms with Gasteiger partial charge in [0.2, 0.25) is 0 Å². The molecule has 0 aromatic carbocycles. The van der Waals surface area contributed by atoms with Crippen LogP contribution < -0.4 is 5.32 Å². The number of likely N-dealkylation sites (tertiary alicyclic amines) is 1. The van der Waals surface area contributed by atoms with Crippen LogP contribution in [0.5, 0.6) is 0 Å². The number of amides is 2. The predicted molar refractivity (Wildman–Crippen MR) is 58.8 cm³/mol. The van der Waals surface area contributed by atoms with Crippen molar-refractivity contribution in [2.75, 3.05) is 13.1 Å². The van der Waals surface area contributed by atoms with Crippen LogP contribution in [0.15, 0.2) is 0 Å². The van der Waals surface area contributed by atoms with E-state index in [1.54, 1.807) is 20.8 Å². The number of alkyl carbamates (subject to hydrolysis) is 1. The lowest BCUT2D eigenvalue weighted by molar-refractivity contribution is 0.0461. The first kappa shape index (κ1) is 13.6. The smallest absolute Gasteiger partial charge is 0.408 e. The van der Waals surface area contributed by atoms with E-state index in [0.717, 1.165) is 4.90 Å². The Labute approximate surface area is 99.4 Å². The second-order valence-corrected chi connectivity index (χ2v) is 5.01. The van der Waals surface area contributed by atoms with Gasteiger partial charge in [0.1, 0.15) is 5.60 Å². The number of ether oxygens (including phenoxy) is 1. The molecule has 7 heteroatoms. The number of carbonyl (C=O) groups excluding carboxylic acids is 1. The van der Waals surface area contributed by atoms with E-state index in [1.165, 1.54) is 0 Å². The van der Waals surface area contributed by atoms with Gasteiger partial charge in [-0.05, 0) is 20.8 Å². The van der Waals surface area contributed by atoms with Crippen LogP contribution in [-0.2, 0) is 4.74 Å². The molecule has 0 aliphatic carbocycles. The van der Waals surface area contributed by atoms with Crippen molar-refractivity contribution < 1.29 is 24.5 Å². The highest BCUT2D eigenvalue weighted by Gasteiger charge is 2.35. The van der Waals surface area contributed by atoms with Crippen molar-refractivity contribution in [3.05, 3.63) is 0 Å². The number of aliphatic hydroxyl groups excluding tert-OH is 1. The summed E-state index contributed by atoms with van der Waals surface area (Å²) in [6, 6.07) is -0.624. The zero-order valence-electron chi connectivity index (χ0n) is 10.1. The normalized spacial score (nSPS) is 24.6. The van der Waals surface area contributed by atoms with Gasteiger partial charge in [-0.1, -0.05) is 0 Å². The summed E-state index contributed by atoms with van der Waals surface area (Å²) in [6.07, 6.45) is -2.68. The van der Waals surface area contributed by atoms with Crippen molar-refractivity contribution in [3.63, 3.8) is 0 Å². The molecule has 0 saturated carbocycles. The van der Waals surface area contributed by atoms with Crippen LogP contribution in [0.25, 0.3) is 0 Å². The van der Waals surface area contributed by atoms with Gasteiger partial charge in [0.15, 0.2) is 0 Å². The third-order valence-corrected chi connectivity index (χ3v) is 2.26. The van der Waals surface area contributed by atoms with Gasteiger partial charge < -0.3 is 25.2 Å². The molecule has 0 unspecified atom stereocenters. The van der Waals surface area contributed by atoms with E-state index in [-0.39, 0.29) is 13.1 Å². The number of hydrogen-bond acceptors (Lipinski definition) is 4. The minimum Gasteiger partial charge on any atom is -0.465 e. The first-order valence-corrected chi connectivity index (χ1v) is 5.34. The molecule has 17 heavy (non-hydrogen) atoms. The molecule has 1 saturated heterocycles. The van der Waals surface area contributed by atoms with Crippen LogP contribution in [-0.4, -0.2) is 58.1 Å². The summed E-state index contributed by atoms with van der Waals surface area (Å²) < 4.78 is 5.02. The fourth-order valence-electron chi connectivity index (χ4n) is 1.54. The van der Waals surface area contributed by atoms with E-state index in [0.29, 0.717) is 0 Å². The standard InChI is InChI=1S/C10H18N2O5/c1-10(2,3)17-8(14)11-6-4-12(9(15)16)5-7(6)13/h6-7,13H,4-5H2,1-3H3,(H,11,14)(H,15,16)/t6-,7+/m0/s1. The fraction of sp³-hybridized carbons (Fsp3) is 0.800. The van der Waals surface area contributed by atoms with Gasteiger partial charge in [0.05, 0.1) is 18.7 Å². The molecule has 1 rings (SSSR count). The van der Waals surface area contributed by atoms with Crippen molar-refractivity contribution in [2.45, 2.75) is 38.5 Å². The number of nitrogens with one attached hydrogen (secondary N) is 1. The molecule has 3 N–H and O–H groups in total. The Hall–Kier alpha value is -1.50. The Kier molecular flexibility index (Phi) is 3.82. The predicted octanol–water partition coefficient (Wildman–Crippen LogP) is 0.234. The first-order valence-electron chi connectivity index (χ1n) is 5.34. The van der Waals surface area contributed by atoms with Crippen LogP contribution in [0.2, 0.25) is 0 Å². The zero-order chi connectivity index (χ0) is 13.2. The summed E-state index contributed by atoms with van der Waals surface area (Å²) in [5, 5.41) is 20.8. The second-order valence-electron chi connectivity index (χ2n) is 5.01. The second kappa shape index (κ2) is 4.79. The zero-order valence-corrected chi connectivity index (χ0v) is 10.1. The van der Waals surface area contributed by atoms with Crippen molar-refractivity contribution in [1.29, 1.82) is 0 Å². The quantitative estimate of drug-likeness (QED) is 0.615. The largest absolute Gasteiger partial charge is 0.465 e. The van der Waals surface area contributed by atoms with E-state index >= 15 is 0 Å². The third kappa shape index (κ3) is 4.10. The van der Waals surface area contributed by atoms with E-state index in [4.69, 9.17) is 9.84 Å². The minimum absolute atomic E-state index is 0.00417. The molecule has 1 aliphatic rings. The lowest BCUT2D eigenvalue weighted by Crippen LogP contribution is -2.45. The SMILES string of the molecule is CC(C)(C)OC(=O)N[C@H]1CN(C(=O)O)C[C@H]1O. The number of hydrogen-bond donors (Lipinski definition) is 3. The lowest BCUT2D eigenvalue weighted by atomic mass is 10.2. The number of carboxylic acid groups (broad SMARTS) is 1. The third-order valence-electron chi connectivity index (χ3n) is 2.26. The molecule has 1 fully saturated rings. The highest BCUT2D eigenvalue weighted by molar-refractivity contribution is 5.69. The van der Waals surface area contributed by atoms with Gasteiger partial charge in [0.25, 0.3) is 0 Å². The molecule has 0 spiro atoms. The summed E-state index contributed by atoms with van der Waals surface area (Å²) in [5.41, 5.74) is -0.625. The highest BCUT2D eigenvalue weighted by atomic mass is 16.6. The van der Waals surface area contributed by atoms with Crippen molar-refractivity contribution in [2.24, 2.45) is 0 Å². The number of β-amino-alcohol motifs (C(OH)–C–C–N with tert-alkyl or cyclic N) is 1. The molecule has 2 atom stereocenters. The molecular weight excluding hydrogens is 228 g/mol. The molecule has 0 aromatic rings. The van der Waals surface area contributed by atoms with Gasteiger partial charge in [-0.15, -0.1) is 0 Å². The number of nitrogens with zero attached hydrogens (tertiary/aromatic N) is 1. The summed E-state index contributed by atoms with van der Waals surface area (Å²) >= 11 is 0. The van der Waals surface area contributed by atoms with E-state index in [2.05, 4.69) is 5.32 Å². The van der Waals surface area contributed by atoms with E-state index in [9.17, 15) is 14.7 Å². The van der Waals surface area contributed by atoms with Crippen LogP contribution >= 0.6 is 0 Å². The van der Waals surface area contributed by atoms with E-state index in [1.807, 2.05) is 0 Å². The summed E-state index contributed by atoms with van der Waals surface area (Å²) in [6.45, 7) is 5.23. The first-order chi connectivity index (χ1) is 7.69. The molecule has 7 nitrogen and oxygen atoms in total. The molecule has 98 valence electrons. The van der Waals surface area contributed by atoms with Gasteiger partial charge in [0, 0.05) is 6.54 Å². The lowest BCUT2D eigenvalue weighted by Gasteiger charge is -2.22. The van der Waals surface area contributed by atoms with E-state index < -0.39 is 29.9 Å². The summed E-state index contributed by atoms with van der Waals surface area (Å²) in [5.74, 6) is 0.